The molecule has 3 rings (SSSR count). The Balaban J connectivity index is 1.61. The van der Waals surface area contributed by atoms with Crippen molar-refractivity contribution >= 4 is 15.9 Å². The lowest BCUT2D eigenvalue weighted by molar-refractivity contribution is 0.0656. The Morgan fingerprint density at radius 2 is 1.80 bits per heavy atom. The van der Waals surface area contributed by atoms with Gasteiger partial charge in [-0.25, -0.2) is 12.8 Å². The summed E-state index contributed by atoms with van der Waals surface area (Å²) in [6, 6.07) is 5.36. The van der Waals surface area contributed by atoms with Gasteiger partial charge in [-0.1, -0.05) is 12.1 Å². The van der Waals surface area contributed by atoms with Gasteiger partial charge in [0.15, 0.2) is 0 Å². The third kappa shape index (κ3) is 4.02. The molecule has 134 valence electrons. The van der Waals surface area contributed by atoms with E-state index in [0.29, 0.717) is 11.5 Å². The van der Waals surface area contributed by atoms with Crippen molar-refractivity contribution in [2.24, 2.45) is 0 Å². The Kier molecular flexibility index (Phi) is 4.82. The zero-order valence-corrected chi connectivity index (χ0v) is 14.4. The molecule has 0 N–H and O–H groups in total. The number of hydrogen-bond donors (Lipinski definition) is 0. The number of nitrogens with zero attached hydrogens (tertiary/aromatic N) is 4. The van der Waals surface area contributed by atoms with E-state index in [4.69, 9.17) is 4.42 Å². The number of carbonyl (C=O) groups is 1. The summed E-state index contributed by atoms with van der Waals surface area (Å²) in [5.74, 6) is -0.825. The van der Waals surface area contributed by atoms with Crippen molar-refractivity contribution in [3.05, 3.63) is 47.4 Å². The van der Waals surface area contributed by atoms with Crippen LogP contribution in [0, 0.1) is 12.7 Å². The van der Waals surface area contributed by atoms with Crippen molar-refractivity contribution in [3.63, 3.8) is 0 Å². The number of hydrogen-bond acceptors (Lipinski definition) is 6. The summed E-state index contributed by atoms with van der Waals surface area (Å²) in [4.78, 5) is 13.7. The van der Waals surface area contributed by atoms with Gasteiger partial charge in [-0.05, 0) is 17.7 Å². The molecular weight excluding hydrogens is 351 g/mol. The first-order valence-corrected chi connectivity index (χ1v) is 9.28. The first-order chi connectivity index (χ1) is 11.8. The lowest BCUT2D eigenvalue weighted by Crippen LogP contribution is -2.50. The lowest BCUT2D eigenvalue weighted by Gasteiger charge is -2.33. The topological polar surface area (TPSA) is 96.6 Å². The van der Waals surface area contributed by atoms with Crippen molar-refractivity contribution in [2.75, 3.05) is 26.2 Å². The average Bonchev–Trinajstić information content (AvgIpc) is 3.03. The Labute approximate surface area is 144 Å². The fraction of sp³-hybridized carbons (Fsp3) is 0.400. The van der Waals surface area contributed by atoms with E-state index in [2.05, 4.69) is 10.2 Å². The number of halogens is 1. The summed E-state index contributed by atoms with van der Waals surface area (Å²) in [5, 5.41) is 7.29. The Morgan fingerprint density at radius 1 is 1.16 bits per heavy atom. The summed E-state index contributed by atoms with van der Waals surface area (Å²) in [6.07, 6.45) is 0. The zero-order valence-electron chi connectivity index (χ0n) is 13.6. The van der Waals surface area contributed by atoms with Gasteiger partial charge in [-0.3, -0.25) is 4.79 Å². The zero-order chi connectivity index (χ0) is 18.0. The Hall–Kier alpha value is -2.33. The molecule has 0 atom stereocenters. The minimum Gasteiger partial charge on any atom is -0.417 e. The van der Waals surface area contributed by atoms with Gasteiger partial charge in [-0.2, -0.15) is 4.31 Å². The molecular formula is C15H17FN4O4S. The van der Waals surface area contributed by atoms with Crippen molar-refractivity contribution < 1.29 is 22.0 Å². The van der Waals surface area contributed by atoms with Crippen LogP contribution < -0.4 is 0 Å². The molecule has 10 heteroatoms. The van der Waals surface area contributed by atoms with Gasteiger partial charge in [-0.15, -0.1) is 10.2 Å². The summed E-state index contributed by atoms with van der Waals surface area (Å²) in [6.45, 7) is 2.43. The van der Waals surface area contributed by atoms with E-state index in [-0.39, 0.29) is 37.8 Å². The van der Waals surface area contributed by atoms with Gasteiger partial charge >= 0.3 is 11.8 Å². The number of aryl methyl sites for hydroxylation is 1. The third-order valence-electron chi connectivity index (χ3n) is 3.89. The molecule has 0 bridgehead atoms. The molecule has 1 aliphatic heterocycles. The number of rotatable bonds is 4. The van der Waals surface area contributed by atoms with Gasteiger partial charge in [0, 0.05) is 33.1 Å². The molecule has 1 aromatic carbocycles. The molecule has 1 aliphatic rings. The van der Waals surface area contributed by atoms with Crippen LogP contribution >= 0.6 is 0 Å². The fourth-order valence-corrected chi connectivity index (χ4v) is 4.09. The average molecular weight is 368 g/mol. The number of aromatic nitrogens is 2. The van der Waals surface area contributed by atoms with Crippen molar-refractivity contribution in [2.45, 2.75) is 12.7 Å². The second-order valence-electron chi connectivity index (χ2n) is 5.70. The van der Waals surface area contributed by atoms with E-state index in [1.54, 1.807) is 6.92 Å². The molecule has 2 heterocycles. The monoisotopic (exact) mass is 368 g/mol. The summed E-state index contributed by atoms with van der Waals surface area (Å²) >= 11 is 0. The van der Waals surface area contributed by atoms with E-state index in [0.717, 1.165) is 0 Å². The molecule has 1 saturated heterocycles. The molecule has 2 aromatic rings. The van der Waals surface area contributed by atoms with Crippen LogP contribution in [0.1, 0.15) is 22.1 Å². The van der Waals surface area contributed by atoms with E-state index in [9.17, 15) is 17.6 Å². The number of benzene rings is 1. The minimum atomic E-state index is -3.54. The lowest BCUT2D eigenvalue weighted by atomic mass is 10.2. The Morgan fingerprint density at radius 3 is 2.36 bits per heavy atom. The standard InChI is InChI=1S/C15H17FN4O4S/c1-11-17-18-14(24-11)15(21)19-6-8-20(9-7-19)25(22,23)10-12-2-4-13(16)5-3-12/h2-5H,6-10H2,1H3. The summed E-state index contributed by atoms with van der Waals surface area (Å²) in [5.41, 5.74) is 0.515. The van der Waals surface area contributed by atoms with Crippen LogP contribution in [0.4, 0.5) is 4.39 Å². The molecule has 8 nitrogen and oxygen atoms in total. The van der Waals surface area contributed by atoms with E-state index in [1.165, 1.54) is 33.5 Å². The highest BCUT2D eigenvalue weighted by molar-refractivity contribution is 7.88. The molecule has 1 amide bonds. The molecule has 0 saturated carbocycles. The molecule has 0 unspecified atom stereocenters. The second kappa shape index (κ2) is 6.89. The maximum absolute atomic E-state index is 12.9. The van der Waals surface area contributed by atoms with Crippen LogP contribution in [0.25, 0.3) is 0 Å². The number of amides is 1. The van der Waals surface area contributed by atoms with Crippen LogP contribution in [-0.2, 0) is 15.8 Å². The van der Waals surface area contributed by atoms with Gasteiger partial charge in [0.25, 0.3) is 0 Å². The van der Waals surface area contributed by atoms with Crippen LogP contribution in [0.15, 0.2) is 28.7 Å². The van der Waals surface area contributed by atoms with Crippen molar-refractivity contribution in [3.8, 4) is 0 Å². The minimum absolute atomic E-state index is 0.0971. The largest absolute Gasteiger partial charge is 0.417 e. The van der Waals surface area contributed by atoms with Crippen LogP contribution in [0.2, 0.25) is 0 Å². The smallest absolute Gasteiger partial charge is 0.311 e. The molecule has 0 spiro atoms. The van der Waals surface area contributed by atoms with Crippen LogP contribution in [0.3, 0.4) is 0 Å². The van der Waals surface area contributed by atoms with Gasteiger partial charge in [0.05, 0.1) is 5.75 Å². The molecule has 1 fully saturated rings. The maximum Gasteiger partial charge on any atom is 0.311 e. The summed E-state index contributed by atoms with van der Waals surface area (Å²) < 4.78 is 44.3. The second-order valence-corrected chi connectivity index (χ2v) is 7.67. The first kappa shape index (κ1) is 17.5. The van der Waals surface area contributed by atoms with E-state index >= 15 is 0 Å². The van der Waals surface area contributed by atoms with Gasteiger partial charge < -0.3 is 9.32 Å². The SMILES string of the molecule is Cc1nnc(C(=O)N2CCN(S(=O)(=O)Cc3ccc(F)cc3)CC2)o1. The predicted octanol–water partition coefficient (Wildman–Crippen LogP) is 0.805. The van der Waals surface area contributed by atoms with E-state index < -0.39 is 21.7 Å². The predicted molar refractivity (Wildman–Crippen MR) is 85.5 cm³/mol. The molecule has 1 aromatic heterocycles. The number of piperazine rings is 1. The molecule has 0 aliphatic carbocycles. The number of carbonyl (C=O) groups excluding carboxylic acids is 1. The first-order valence-electron chi connectivity index (χ1n) is 7.67. The highest BCUT2D eigenvalue weighted by atomic mass is 32.2. The van der Waals surface area contributed by atoms with Gasteiger partial charge in [0.1, 0.15) is 5.82 Å². The normalized spacial score (nSPS) is 16.2. The Bertz CT molecular complexity index is 858. The van der Waals surface area contributed by atoms with E-state index in [1.807, 2.05) is 0 Å². The molecule has 0 radical (unpaired) electrons. The van der Waals surface area contributed by atoms with Crippen LogP contribution in [-0.4, -0.2) is 59.9 Å². The fourth-order valence-electron chi connectivity index (χ4n) is 2.57. The summed E-state index contributed by atoms with van der Waals surface area (Å²) in [7, 11) is -3.54. The van der Waals surface area contributed by atoms with Crippen molar-refractivity contribution in [1.82, 2.24) is 19.4 Å². The quantitative estimate of drug-likeness (QED) is 0.792. The highest BCUT2D eigenvalue weighted by Gasteiger charge is 2.31. The maximum atomic E-state index is 12.9. The molecule has 25 heavy (non-hydrogen) atoms. The number of sulfonamides is 1. The highest BCUT2D eigenvalue weighted by Crippen LogP contribution is 2.15. The van der Waals surface area contributed by atoms with Crippen molar-refractivity contribution in [1.29, 1.82) is 0 Å². The third-order valence-corrected chi connectivity index (χ3v) is 5.74. The van der Waals surface area contributed by atoms with Gasteiger partial charge in [0.2, 0.25) is 15.9 Å². The van der Waals surface area contributed by atoms with Crippen LogP contribution in [0.5, 0.6) is 0 Å².